The summed E-state index contributed by atoms with van der Waals surface area (Å²) in [6, 6.07) is -0.598. The first kappa shape index (κ1) is 13.5. The van der Waals surface area contributed by atoms with Gasteiger partial charge in [0.1, 0.15) is 6.54 Å². The highest BCUT2D eigenvalue weighted by molar-refractivity contribution is 5.83. The number of carbonyl (C=O) groups is 2. The van der Waals surface area contributed by atoms with E-state index in [9.17, 15) is 22.8 Å². The van der Waals surface area contributed by atoms with E-state index < -0.39 is 31.2 Å². The fraction of sp³-hybridized carbons (Fsp3) is 0.714. The molecule has 0 aliphatic rings. The molecule has 0 aromatic carbocycles. The van der Waals surface area contributed by atoms with Gasteiger partial charge in [-0.1, -0.05) is 0 Å². The third-order valence-corrected chi connectivity index (χ3v) is 1.23. The number of halogens is 3. The summed E-state index contributed by atoms with van der Waals surface area (Å²) in [5.74, 6) is -0.890. The number of urea groups is 1. The third kappa shape index (κ3) is 8.85. The van der Waals surface area contributed by atoms with Gasteiger partial charge in [0.15, 0.2) is 0 Å². The molecule has 0 radical (unpaired) electrons. The van der Waals surface area contributed by atoms with Crippen molar-refractivity contribution in [1.82, 2.24) is 16.0 Å². The lowest BCUT2D eigenvalue weighted by Crippen LogP contribution is -2.44. The van der Waals surface area contributed by atoms with Crippen LogP contribution in [-0.2, 0) is 4.79 Å². The van der Waals surface area contributed by atoms with E-state index in [4.69, 9.17) is 0 Å². The number of hydrogen-bond acceptors (Lipinski definition) is 2. The van der Waals surface area contributed by atoms with Crippen LogP contribution in [-0.4, -0.2) is 37.7 Å². The predicted octanol–water partition coefficient (Wildman–Crippen LogP) is -0.0160. The smallest absolute Gasteiger partial charge is 0.345 e. The minimum Gasteiger partial charge on any atom is -0.345 e. The van der Waals surface area contributed by atoms with Crippen molar-refractivity contribution < 1.29 is 22.8 Å². The van der Waals surface area contributed by atoms with Gasteiger partial charge in [0.25, 0.3) is 0 Å². The summed E-state index contributed by atoms with van der Waals surface area (Å²) in [7, 11) is 0. The van der Waals surface area contributed by atoms with Gasteiger partial charge in [-0.2, -0.15) is 13.2 Å². The van der Waals surface area contributed by atoms with E-state index in [-0.39, 0.29) is 0 Å². The first-order chi connectivity index (χ1) is 6.85. The lowest BCUT2D eigenvalue weighted by molar-refractivity contribution is -0.137. The van der Waals surface area contributed by atoms with E-state index >= 15 is 0 Å². The van der Waals surface area contributed by atoms with Crippen LogP contribution in [0.4, 0.5) is 18.0 Å². The van der Waals surface area contributed by atoms with Gasteiger partial charge in [0.2, 0.25) is 5.91 Å². The molecule has 0 atom stereocenters. The van der Waals surface area contributed by atoms with Crippen LogP contribution in [0.5, 0.6) is 0 Å². The van der Waals surface area contributed by atoms with Crippen LogP contribution < -0.4 is 16.0 Å². The Morgan fingerprint density at radius 1 is 1.13 bits per heavy atom. The SMILES string of the molecule is CCNC(=O)NCC(=O)NCC(F)(F)F. The molecule has 0 unspecified atom stereocenters. The lowest BCUT2D eigenvalue weighted by Gasteiger charge is -2.09. The van der Waals surface area contributed by atoms with E-state index in [0.717, 1.165) is 0 Å². The van der Waals surface area contributed by atoms with Crippen molar-refractivity contribution in [2.75, 3.05) is 19.6 Å². The van der Waals surface area contributed by atoms with E-state index in [1.807, 2.05) is 0 Å². The Hall–Kier alpha value is -1.47. The van der Waals surface area contributed by atoms with Crippen LogP contribution in [0.2, 0.25) is 0 Å². The number of rotatable bonds is 4. The Balaban J connectivity index is 3.62. The quantitative estimate of drug-likeness (QED) is 0.632. The van der Waals surface area contributed by atoms with Crippen LogP contribution >= 0.6 is 0 Å². The molecule has 3 N–H and O–H groups in total. The number of carbonyl (C=O) groups excluding carboxylic acids is 2. The second-order valence-electron chi connectivity index (χ2n) is 2.60. The molecule has 15 heavy (non-hydrogen) atoms. The zero-order valence-corrected chi connectivity index (χ0v) is 8.07. The Labute approximate surface area is 84.4 Å². The molecule has 5 nitrogen and oxygen atoms in total. The first-order valence-electron chi connectivity index (χ1n) is 4.20. The molecule has 8 heteroatoms. The fourth-order valence-corrected chi connectivity index (χ4v) is 0.645. The Bertz CT molecular complexity index is 230. The molecule has 0 rings (SSSR count). The van der Waals surface area contributed by atoms with Crippen LogP contribution in [0.1, 0.15) is 6.92 Å². The number of hydrogen-bond donors (Lipinski definition) is 3. The maximum absolute atomic E-state index is 11.6. The summed E-state index contributed by atoms with van der Waals surface area (Å²) in [6.45, 7) is 0.157. The molecule has 0 fully saturated rings. The molecule has 0 saturated carbocycles. The predicted molar refractivity (Wildman–Crippen MR) is 46.1 cm³/mol. The average molecular weight is 227 g/mol. The Kier molecular flexibility index (Phi) is 5.50. The number of alkyl halides is 3. The highest BCUT2D eigenvalue weighted by atomic mass is 19.4. The summed E-state index contributed by atoms with van der Waals surface area (Å²) in [6.07, 6.45) is -4.44. The topological polar surface area (TPSA) is 70.2 Å². The maximum atomic E-state index is 11.6. The number of amides is 3. The van der Waals surface area contributed by atoms with Gasteiger partial charge in [-0.25, -0.2) is 4.79 Å². The molecule has 0 bridgehead atoms. The summed E-state index contributed by atoms with van der Waals surface area (Å²) >= 11 is 0. The second kappa shape index (κ2) is 6.10. The molecular formula is C7H12F3N3O2. The molecule has 0 aromatic heterocycles. The molecule has 3 amide bonds. The van der Waals surface area contributed by atoms with Crippen molar-refractivity contribution >= 4 is 11.9 Å². The van der Waals surface area contributed by atoms with Crippen molar-refractivity contribution in [3.05, 3.63) is 0 Å². The summed E-state index contributed by atoms with van der Waals surface area (Å²) in [5.41, 5.74) is 0. The van der Waals surface area contributed by atoms with Crippen LogP contribution in [0.25, 0.3) is 0 Å². The summed E-state index contributed by atoms with van der Waals surface area (Å²) < 4.78 is 34.9. The lowest BCUT2D eigenvalue weighted by atomic mass is 10.5. The van der Waals surface area contributed by atoms with E-state index in [0.29, 0.717) is 6.54 Å². The monoisotopic (exact) mass is 227 g/mol. The molecule has 0 heterocycles. The van der Waals surface area contributed by atoms with Crippen LogP contribution in [0.3, 0.4) is 0 Å². The van der Waals surface area contributed by atoms with Gasteiger partial charge in [-0.15, -0.1) is 0 Å². The molecule has 88 valence electrons. The van der Waals surface area contributed by atoms with Crippen molar-refractivity contribution in [1.29, 1.82) is 0 Å². The highest BCUT2D eigenvalue weighted by Crippen LogP contribution is 2.11. The molecule has 0 spiro atoms. The molecule has 0 aliphatic heterocycles. The standard InChI is InChI=1S/C7H12F3N3O2/c1-2-11-6(15)12-3-5(14)13-4-7(8,9)10/h2-4H2,1H3,(H,13,14)(H2,11,12,15). The molecule has 0 aliphatic carbocycles. The van der Waals surface area contributed by atoms with Gasteiger partial charge in [-0.05, 0) is 6.92 Å². The zero-order chi connectivity index (χ0) is 11.9. The summed E-state index contributed by atoms with van der Waals surface area (Å²) in [4.78, 5) is 21.5. The van der Waals surface area contributed by atoms with Crippen molar-refractivity contribution in [3.63, 3.8) is 0 Å². The van der Waals surface area contributed by atoms with E-state index in [2.05, 4.69) is 10.6 Å². The van der Waals surface area contributed by atoms with E-state index in [1.165, 1.54) is 0 Å². The van der Waals surface area contributed by atoms with E-state index in [1.54, 1.807) is 12.2 Å². The zero-order valence-electron chi connectivity index (χ0n) is 8.07. The van der Waals surface area contributed by atoms with Crippen LogP contribution in [0.15, 0.2) is 0 Å². The summed E-state index contributed by atoms with van der Waals surface area (Å²) in [5, 5.41) is 6.02. The molecule has 0 aromatic rings. The van der Waals surface area contributed by atoms with Crippen molar-refractivity contribution in [3.8, 4) is 0 Å². The van der Waals surface area contributed by atoms with Gasteiger partial charge in [0, 0.05) is 6.54 Å². The molecular weight excluding hydrogens is 215 g/mol. The van der Waals surface area contributed by atoms with Crippen molar-refractivity contribution in [2.45, 2.75) is 13.1 Å². The Morgan fingerprint density at radius 2 is 1.73 bits per heavy atom. The number of nitrogens with one attached hydrogen (secondary N) is 3. The van der Waals surface area contributed by atoms with Gasteiger partial charge >= 0.3 is 12.2 Å². The fourth-order valence-electron chi connectivity index (χ4n) is 0.645. The van der Waals surface area contributed by atoms with Gasteiger partial charge < -0.3 is 16.0 Å². The first-order valence-corrected chi connectivity index (χ1v) is 4.20. The van der Waals surface area contributed by atoms with Gasteiger partial charge in [0.05, 0.1) is 6.54 Å². The Morgan fingerprint density at radius 3 is 2.20 bits per heavy atom. The third-order valence-electron chi connectivity index (χ3n) is 1.23. The average Bonchev–Trinajstić information content (AvgIpc) is 2.11. The van der Waals surface area contributed by atoms with Crippen molar-refractivity contribution in [2.24, 2.45) is 0 Å². The highest BCUT2D eigenvalue weighted by Gasteiger charge is 2.27. The minimum absolute atomic E-state index is 0.371. The largest absolute Gasteiger partial charge is 0.405 e. The minimum atomic E-state index is -4.44. The van der Waals surface area contributed by atoms with Crippen LogP contribution in [0, 0.1) is 0 Å². The van der Waals surface area contributed by atoms with Gasteiger partial charge in [-0.3, -0.25) is 4.79 Å². The normalized spacial score (nSPS) is 10.7. The second-order valence-corrected chi connectivity index (χ2v) is 2.60. The molecule has 0 saturated heterocycles. The maximum Gasteiger partial charge on any atom is 0.405 e.